The Morgan fingerprint density at radius 3 is 1.27 bits per heavy atom. The van der Waals surface area contributed by atoms with Gasteiger partial charge >= 0.3 is 0 Å². The van der Waals surface area contributed by atoms with Gasteiger partial charge in [-0.1, -0.05) is 41.5 Å². The van der Waals surface area contributed by atoms with Crippen molar-refractivity contribution in [3.05, 3.63) is 0 Å². The summed E-state index contributed by atoms with van der Waals surface area (Å²) >= 11 is 0. The summed E-state index contributed by atoms with van der Waals surface area (Å²) in [6.45, 7) is 15.7. The lowest BCUT2D eigenvalue weighted by molar-refractivity contribution is -0.207. The molecule has 15 heteroatoms. The second-order valence-electron chi connectivity index (χ2n) is 26.8. The third kappa shape index (κ3) is 11.3. The molecule has 0 aliphatic heterocycles. The van der Waals surface area contributed by atoms with Gasteiger partial charge in [0.2, 0.25) is 23.6 Å². The fourth-order valence-electron chi connectivity index (χ4n) is 19.1. The van der Waals surface area contributed by atoms with E-state index < -0.39 is 24.4 Å². The van der Waals surface area contributed by atoms with Crippen molar-refractivity contribution in [1.82, 2.24) is 26.6 Å². The van der Waals surface area contributed by atoms with E-state index in [1.165, 1.54) is 0 Å². The van der Waals surface area contributed by atoms with Crippen LogP contribution in [0.3, 0.4) is 0 Å². The molecule has 0 aromatic heterocycles. The van der Waals surface area contributed by atoms with E-state index in [2.05, 4.69) is 68.1 Å². The molecule has 0 bridgehead atoms. The SMILES string of the molecule is CC(CCC(=O)NCC(=O)NCCCNCCCNC(=O)CNC(=O)CCC(C)[C@H]1CCC2C3C(O)CC4C[C@H](O)CC[C@]4(C)C3C[C@H](O)[C@@]21C)[C@H]1CCC2C3C(O)CC4C[C@H](O)CC[C@]4(C)C3C[C@H](O)[C@@]21C. The van der Waals surface area contributed by atoms with Crippen LogP contribution in [0.25, 0.3) is 0 Å². The molecule has 22 atom stereocenters. The highest BCUT2D eigenvalue weighted by Gasteiger charge is 2.67. The lowest BCUT2D eigenvalue weighted by Gasteiger charge is -2.63. The first kappa shape index (κ1) is 56.8. The van der Waals surface area contributed by atoms with Crippen molar-refractivity contribution in [3.63, 3.8) is 0 Å². The number of aliphatic hydroxyl groups excluding tert-OH is 6. The fraction of sp³-hybridized carbons (Fsp3) is 0.931. The van der Waals surface area contributed by atoms with Crippen LogP contribution in [-0.4, -0.2) is 130 Å². The molecule has 0 spiro atoms. The van der Waals surface area contributed by atoms with E-state index in [4.69, 9.17) is 0 Å². The van der Waals surface area contributed by atoms with Crippen LogP contribution in [0, 0.1) is 92.7 Å². The minimum atomic E-state index is -0.464. The number of carbonyl (C=O) groups is 4. The minimum Gasteiger partial charge on any atom is -0.393 e. The number of nitrogens with one attached hydrogen (secondary N) is 5. The first-order valence-corrected chi connectivity index (χ1v) is 29.5. The maximum absolute atomic E-state index is 12.9. The molecule has 15 nitrogen and oxygen atoms in total. The quantitative estimate of drug-likeness (QED) is 0.0754. The Bertz CT molecular complexity index is 1800. The van der Waals surface area contributed by atoms with Crippen molar-refractivity contribution in [2.45, 2.75) is 207 Å². The zero-order chi connectivity index (χ0) is 52.6. The van der Waals surface area contributed by atoms with Crippen LogP contribution in [-0.2, 0) is 19.2 Å². The smallest absolute Gasteiger partial charge is 0.239 e. The first-order valence-electron chi connectivity index (χ1n) is 29.5. The van der Waals surface area contributed by atoms with Gasteiger partial charge in [0.15, 0.2) is 0 Å². The molecule has 0 aromatic carbocycles. The summed E-state index contributed by atoms with van der Waals surface area (Å²) < 4.78 is 0. The summed E-state index contributed by atoms with van der Waals surface area (Å²) in [5.74, 6) is 2.00. The maximum Gasteiger partial charge on any atom is 0.239 e. The summed E-state index contributed by atoms with van der Waals surface area (Å²) in [5, 5.41) is 82.4. The average Bonchev–Trinajstić information content (AvgIpc) is 3.90. The van der Waals surface area contributed by atoms with E-state index in [1.807, 2.05) is 0 Å². The van der Waals surface area contributed by atoms with Crippen molar-refractivity contribution in [1.29, 1.82) is 0 Å². The van der Waals surface area contributed by atoms with Gasteiger partial charge in [-0.3, -0.25) is 19.2 Å². The van der Waals surface area contributed by atoms with Gasteiger partial charge in [0.05, 0.1) is 49.7 Å². The van der Waals surface area contributed by atoms with Crippen LogP contribution in [0.15, 0.2) is 0 Å². The van der Waals surface area contributed by atoms with Gasteiger partial charge in [-0.2, -0.15) is 0 Å². The molecule has 416 valence electrons. The number of amides is 4. The second-order valence-corrected chi connectivity index (χ2v) is 26.8. The first-order chi connectivity index (χ1) is 34.6. The molecule has 0 radical (unpaired) electrons. The molecule has 4 amide bonds. The molecule has 11 N–H and O–H groups in total. The summed E-state index contributed by atoms with van der Waals surface area (Å²) in [4.78, 5) is 50.8. The van der Waals surface area contributed by atoms with E-state index in [0.717, 1.165) is 77.0 Å². The van der Waals surface area contributed by atoms with Gasteiger partial charge in [-0.15, -0.1) is 0 Å². The molecular weight excluding hydrogens is 927 g/mol. The van der Waals surface area contributed by atoms with E-state index in [0.29, 0.717) is 77.5 Å². The molecule has 8 rings (SSSR count). The standard InChI is InChI=1S/C58H99N5O10/c1-33(39-11-13-41-53-43(29-47(68)57(39,41)5)55(3)19-17-37(64)25-35(55)27-45(53)66)9-15-49(70)62-31-51(72)60-23-7-21-59-22-8-24-61-52(73)32-63-50(71)16-10-34(2)40-12-14-42-54-44(30-48(69)58(40,42)6)56(4)20-18-38(65)26-36(56)28-46(54)67/h33-48,53-54,59,64-69H,7-32H2,1-6H3,(H,60,72)(H,61,73)(H,62,70)(H,63,71)/t33?,34?,35?,36?,37-,38-,39-,40-,41?,42?,43?,44?,45?,46?,47+,48+,53?,54?,55+,56+,57-,58-/m1/s1. The largest absolute Gasteiger partial charge is 0.393 e. The maximum atomic E-state index is 12.9. The van der Waals surface area contributed by atoms with Crippen LogP contribution >= 0.6 is 0 Å². The molecule has 8 aliphatic carbocycles. The number of hydrogen-bond donors (Lipinski definition) is 11. The monoisotopic (exact) mass is 1030 g/mol. The van der Waals surface area contributed by atoms with Gasteiger partial charge in [0.1, 0.15) is 0 Å². The number of fused-ring (bicyclic) bond motifs is 10. The highest BCUT2D eigenvalue weighted by atomic mass is 16.3. The van der Waals surface area contributed by atoms with Crippen LogP contribution in [0.4, 0.5) is 0 Å². The minimum absolute atomic E-state index is 0.0353. The fourth-order valence-corrected chi connectivity index (χ4v) is 19.1. The molecule has 8 saturated carbocycles. The van der Waals surface area contributed by atoms with Gasteiger partial charge < -0.3 is 57.2 Å². The van der Waals surface area contributed by atoms with Crippen molar-refractivity contribution < 1.29 is 49.8 Å². The Balaban J connectivity index is 0.639. The van der Waals surface area contributed by atoms with E-state index in [1.54, 1.807) is 0 Å². The topological polar surface area (TPSA) is 250 Å². The molecule has 73 heavy (non-hydrogen) atoms. The Hall–Kier alpha value is -2.40. The van der Waals surface area contributed by atoms with Gasteiger partial charge in [0.25, 0.3) is 0 Å². The normalized spacial score (nSPS) is 44.4. The molecule has 8 fully saturated rings. The predicted molar refractivity (Wildman–Crippen MR) is 279 cm³/mol. The second kappa shape index (κ2) is 23.3. The highest BCUT2D eigenvalue weighted by Crippen LogP contribution is 2.70. The zero-order valence-electron chi connectivity index (χ0n) is 45.6. The molecule has 12 unspecified atom stereocenters. The zero-order valence-corrected chi connectivity index (χ0v) is 45.6. The molecular formula is C58H99N5O10. The van der Waals surface area contributed by atoms with Crippen molar-refractivity contribution >= 4 is 23.6 Å². The molecule has 8 aliphatic rings. The van der Waals surface area contributed by atoms with Crippen LogP contribution < -0.4 is 26.6 Å². The Labute approximate surface area is 437 Å². The number of carbonyl (C=O) groups excluding carboxylic acids is 4. The van der Waals surface area contributed by atoms with Crippen molar-refractivity contribution in [2.24, 2.45) is 92.7 Å². The van der Waals surface area contributed by atoms with Gasteiger partial charge in [-0.05, 0) is 221 Å². The van der Waals surface area contributed by atoms with Crippen molar-refractivity contribution in [3.8, 4) is 0 Å². The third-order valence-corrected chi connectivity index (χ3v) is 23.3. The van der Waals surface area contributed by atoms with Gasteiger partial charge in [-0.25, -0.2) is 0 Å². The molecule has 0 aromatic rings. The van der Waals surface area contributed by atoms with Gasteiger partial charge in [0, 0.05) is 25.9 Å². The van der Waals surface area contributed by atoms with Crippen molar-refractivity contribution in [2.75, 3.05) is 39.3 Å². The summed E-state index contributed by atoms with van der Waals surface area (Å²) in [7, 11) is 0. The summed E-state index contributed by atoms with van der Waals surface area (Å²) in [6.07, 6.45) is 12.8. The van der Waals surface area contributed by atoms with Crippen LogP contribution in [0.2, 0.25) is 0 Å². The highest BCUT2D eigenvalue weighted by molar-refractivity contribution is 5.85. The predicted octanol–water partition coefficient (Wildman–Crippen LogP) is 4.58. The van der Waals surface area contributed by atoms with E-state index in [-0.39, 0.29) is 142 Å². The summed E-state index contributed by atoms with van der Waals surface area (Å²) in [5.41, 5.74) is -0.562. The third-order valence-electron chi connectivity index (χ3n) is 23.3. The number of rotatable bonds is 20. The molecule has 0 saturated heterocycles. The lowest BCUT2D eigenvalue weighted by atomic mass is 9.43. The number of aliphatic hydroxyl groups is 6. The number of hydrogen-bond acceptors (Lipinski definition) is 11. The summed E-state index contributed by atoms with van der Waals surface area (Å²) in [6, 6.07) is 0. The van der Waals surface area contributed by atoms with E-state index in [9.17, 15) is 49.8 Å². The Kier molecular flexibility index (Phi) is 18.1. The van der Waals surface area contributed by atoms with Crippen LogP contribution in [0.5, 0.6) is 0 Å². The van der Waals surface area contributed by atoms with E-state index >= 15 is 0 Å². The molecule has 0 heterocycles. The van der Waals surface area contributed by atoms with Crippen LogP contribution in [0.1, 0.15) is 170 Å². The lowest BCUT2D eigenvalue weighted by Crippen LogP contribution is -2.62. The Morgan fingerprint density at radius 2 is 0.877 bits per heavy atom. The average molecular weight is 1030 g/mol. The Morgan fingerprint density at radius 1 is 0.479 bits per heavy atom.